The van der Waals surface area contributed by atoms with Gasteiger partial charge < -0.3 is 30.1 Å². The maximum atomic E-state index is 13.5. The van der Waals surface area contributed by atoms with Crippen LogP contribution in [0.25, 0.3) is 11.3 Å². The van der Waals surface area contributed by atoms with Crippen molar-refractivity contribution in [2.24, 2.45) is 0 Å². The van der Waals surface area contributed by atoms with Gasteiger partial charge in [0.1, 0.15) is 12.4 Å². The number of aliphatic hydroxyl groups is 2. The molecule has 0 aliphatic rings. The summed E-state index contributed by atoms with van der Waals surface area (Å²) in [5.74, 6) is -0.439. The molecular formula is C24H26ClFN4O6. The highest BCUT2D eigenvalue weighted by Crippen LogP contribution is 2.22. The summed E-state index contributed by atoms with van der Waals surface area (Å²) in [4.78, 5) is 24.5. The molecule has 0 saturated carbocycles. The van der Waals surface area contributed by atoms with Crippen LogP contribution in [0, 0.1) is 5.82 Å². The fourth-order valence-corrected chi connectivity index (χ4v) is 3.43. The number of rotatable bonds is 12. The van der Waals surface area contributed by atoms with Gasteiger partial charge in [0.25, 0.3) is 0 Å². The molecular weight excluding hydrogens is 495 g/mol. The van der Waals surface area contributed by atoms with Gasteiger partial charge in [0.2, 0.25) is 5.91 Å². The van der Waals surface area contributed by atoms with Crippen LogP contribution in [-0.2, 0) is 16.1 Å². The van der Waals surface area contributed by atoms with Crippen molar-refractivity contribution in [2.75, 3.05) is 25.1 Å². The second-order valence-corrected chi connectivity index (χ2v) is 8.20. The summed E-state index contributed by atoms with van der Waals surface area (Å²) in [5, 5.41) is 30.6. The summed E-state index contributed by atoms with van der Waals surface area (Å²) >= 11 is 5.90. The number of halogens is 2. The monoisotopic (exact) mass is 520 g/mol. The molecule has 1 heterocycles. The molecule has 0 fully saturated rings. The van der Waals surface area contributed by atoms with Gasteiger partial charge in [-0.1, -0.05) is 59.2 Å². The van der Waals surface area contributed by atoms with Gasteiger partial charge in [0.05, 0.1) is 30.3 Å². The van der Waals surface area contributed by atoms with E-state index in [2.05, 4.69) is 21.1 Å². The average molecular weight is 521 g/mol. The number of nitrogens with zero attached hydrogens (tertiary/aromatic N) is 1. The molecule has 0 aliphatic heterocycles. The summed E-state index contributed by atoms with van der Waals surface area (Å²) in [5.41, 5.74) is 1.26. The molecule has 0 saturated heterocycles. The number of amides is 2. The Morgan fingerprint density at radius 2 is 1.94 bits per heavy atom. The number of anilines is 1. The first-order chi connectivity index (χ1) is 17.4. The molecule has 3 aromatic rings. The Labute approximate surface area is 211 Å². The van der Waals surface area contributed by atoms with Crippen LogP contribution in [0.3, 0.4) is 0 Å². The van der Waals surface area contributed by atoms with Gasteiger partial charge in [0, 0.05) is 18.2 Å². The number of hydrogen-bond acceptors (Lipinski definition) is 8. The zero-order valence-corrected chi connectivity index (χ0v) is 19.9. The summed E-state index contributed by atoms with van der Waals surface area (Å²) in [7, 11) is 0. The van der Waals surface area contributed by atoms with E-state index in [-0.39, 0.29) is 37.0 Å². The number of benzene rings is 2. The van der Waals surface area contributed by atoms with E-state index in [1.807, 2.05) is 30.3 Å². The molecule has 36 heavy (non-hydrogen) atoms. The highest BCUT2D eigenvalue weighted by atomic mass is 35.5. The van der Waals surface area contributed by atoms with Crippen LogP contribution in [0.1, 0.15) is 12.0 Å². The lowest BCUT2D eigenvalue weighted by molar-refractivity contribution is -0.121. The molecule has 2 amide bonds. The smallest absolute Gasteiger partial charge is 0.412 e. The molecule has 1 aromatic heterocycles. The lowest BCUT2D eigenvalue weighted by atomic mass is 10.1. The molecule has 3 rings (SSSR count). The predicted molar refractivity (Wildman–Crippen MR) is 130 cm³/mol. The van der Waals surface area contributed by atoms with Crippen LogP contribution < -0.4 is 16.0 Å². The van der Waals surface area contributed by atoms with Crippen LogP contribution in [-0.4, -0.2) is 59.3 Å². The third-order valence-electron chi connectivity index (χ3n) is 4.98. The highest BCUT2D eigenvalue weighted by Gasteiger charge is 2.19. The van der Waals surface area contributed by atoms with E-state index < -0.39 is 36.6 Å². The molecule has 12 heteroatoms. The average Bonchev–Trinajstić information content (AvgIpc) is 3.34. The van der Waals surface area contributed by atoms with Crippen molar-refractivity contribution in [2.45, 2.75) is 25.1 Å². The molecule has 5 N–H and O–H groups in total. The lowest BCUT2D eigenvalue weighted by Gasteiger charge is -2.21. The van der Waals surface area contributed by atoms with E-state index in [0.717, 1.165) is 5.56 Å². The van der Waals surface area contributed by atoms with E-state index in [0.29, 0.717) is 11.3 Å². The standard InChI is InChI=1S/C24H26ClFN4O6/c25-23-16(7-4-8-19(23)26)11-27-12-22(33)28-17(9-18(32)13-31)14-35-24(34)29-21-10-20(36-30-21)15-5-2-1-3-6-15/h1-8,10,17-18,27,31-32H,9,11-14H2,(H,28,33)(H,29,30,34). The van der Waals surface area contributed by atoms with E-state index in [1.165, 1.54) is 18.2 Å². The first-order valence-corrected chi connectivity index (χ1v) is 11.4. The van der Waals surface area contributed by atoms with E-state index >= 15 is 0 Å². The van der Waals surface area contributed by atoms with Gasteiger partial charge >= 0.3 is 6.09 Å². The molecule has 0 radical (unpaired) electrons. The number of carbonyl (C=O) groups excluding carboxylic acids is 2. The van der Waals surface area contributed by atoms with E-state index in [1.54, 1.807) is 6.07 Å². The molecule has 0 spiro atoms. The van der Waals surface area contributed by atoms with Crippen LogP contribution in [0.2, 0.25) is 5.02 Å². The summed E-state index contributed by atoms with van der Waals surface area (Å²) in [6, 6.07) is 14.3. The second kappa shape index (κ2) is 13.5. The van der Waals surface area contributed by atoms with Gasteiger partial charge in [-0.05, 0) is 18.1 Å². The van der Waals surface area contributed by atoms with Crippen molar-refractivity contribution in [1.29, 1.82) is 0 Å². The van der Waals surface area contributed by atoms with Gasteiger partial charge in [-0.15, -0.1) is 0 Å². The lowest BCUT2D eigenvalue weighted by Crippen LogP contribution is -2.45. The molecule has 0 aliphatic carbocycles. The zero-order valence-electron chi connectivity index (χ0n) is 19.1. The Hall–Kier alpha value is -3.51. The largest absolute Gasteiger partial charge is 0.447 e. The van der Waals surface area contributed by atoms with Crippen molar-refractivity contribution < 1.29 is 33.5 Å². The molecule has 0 bridgehead atoms. The second-order valence-electron chi connectivity index (χ2n) is 7.82. The Kier molecular flexibility index (Phi) is 10.2. The summed E-state index contributed by atoms with van der Waals surface area (Å²) in [6.45, 7) is -0.814. The molecule has 2 atom stereocenters. The van der Waals surface area contributed by atoms with Gasteiger partial charge in [-0.3, -0.25) is 10.1 Å². The quantitative estimate of drug-likeness (QED) is 0.245. The Morgan fingerprint density at radius 1 is 1.17 bits per heavy atom. The highest BCUT2D eigenvalue weighted by molar-refractivity contribution is 6.31. The number of hydrogen-bond donors (Lipinski definition) is 5. The molecule has 2 unspecified atom stereocenters. The van der Waals surface area contributed by atoms with Crippen molar-refractivity contribution in [3.05, 3.63) is 71.0 Å². The topological polar surface area (TPSA) is 146 Å². The predicted octanol–water partition coefficient (Wildman–Crippen LogP) is 2.70. The minimum atomic E-state index is -1.13. The maximum Gasteiger partial charge on any atom is 0.412 e. The first kappa shape index (κ1) is 27.1. The van der Waals surface area contributed by atoms with Crippen LogP contribution in [0.4, 0.5) is 15.0 Å². The normalized spacial score (nSPS) is 12.6. The number of aromatic nitrogens is 1. The third kappa shape index (κ3) is 8.31. The minimum Gasteiger partial charge on any atom is -0.447 e. The van der Waals surface area contributed by atoms with Crippen LogP contribution in [0.5, 0.6) is 0 Å². The van der Waals surface area contributed by atoms with Crippen LogP contribution in [0.15, 0.2) is 59.1 Å². The number of carbonyl (C=O) groups is 2. The number of ether oxygens (including phenoxy) is 1. The summed E-state index contributed by atoms with van der Waals surface area (Å²) in [6.07, 6.45) is -2.04. The maximum absolute atomic E-state index is 13.5. The number of aliphatic hydroxyl groups excluding tert-OH is 2. The zero-order chi connectivity index (χ0) is 25.9. The van der Waals surface area contributed by atoms with Crippen molar-refractivity contribution in [3.8, 4) is 11.3 Å². The fraction of sp³-hybridized carbons (Fsp3) is 0.292. The van der Waals surface area contributed by atoms with Crippen molar-refractivity contribution >= 4 is 29.4 Å². The minimum absolute atomic E-state index is 0.0308. The van der Waals surface area contributed by atoms with Gasteiger partial charge in [-0.2, -0.15) is 0 Å². The Morgan fingerprint density at radius 3 is 2.69 bits per heavy atom. The SMILES string of the molecule is O=C(CNCc1cccc(F)c1Cl)NC(COC(=O)Nc1cc(-c2ccccc2)on1)CC(O)CO. The van der Waals surface area contributed by atoms with Gasteiger partial charge in [0.15, 0.2) is 11.6 Å². The van der Waals surface area contributed by atoms with Crippen molar-refractivity contribution in [1.82, 2.24) is 15.8 Å². The van der Waals surface area contributed by atoms with Gasteiger partial charge in [-0.25, -0.2) is 9.18 Å². The van der Waals surface area contributed by atoms with Crippen LogP contribution >= 0.6 is 11.6 Å². The van der Waals surface area contributed by atoms with Crippen molar-refractivity contribution in [3.63, 3.8) is 0 Å². The van der Waals surface area contributed by atoms with E-state index in [9.17, 15) is 19.1 Å². The number of nitrogens with one attached hydrogen (secondary N) is 3. The first-order valence-electron chi connectivity index (χ1n) is 11.0. The third-order valence-corrected chi connectivity index (χ3v) is 5.40. The Bertz CT molecular complexity index is 1150. The fourth-order valence-electron chi connectivity index (χ4n) is 3.24. The summed E-state index contributed by atoms with van der Waals surface area (Å²) < 4.78 is 23.9. The molecule has 2 aromatic carbocycles. The molecule has 192 valence electrons. The molecule has 10 nitrogen and oxygen atoms in total. The Balaban J connectivity index is 1.48. The van der Waals surface area contributed by atoms with E-state index in [4.69, 9.17) is 26.0 Å².